The molecule has 0 N–H and O–H groups in total. The SMILES string of the molecule is COc1ccc(-c2nc3ccccc3n2CCOc2ccc(C(C)(C)C)cc2)cc1OC. The molecule has 0 aliphatic carbocycles. The fraction of sp³-hybridized carbons (Fsp3) is 0.296. The van der Waals surface area contributed by atoms with Crippen molar-refractivity contribution < 1.29 is 14.2 Å². The van der Waals surface area contributed by atoms with Gasteiger partial charge in [0.2, 0.25) is 0 Å². The molecular weight excluding hydrogens is 400 g/mol. The minimum absolute atomic E-state index is 0.128. The Kier molecular flexibility index (Phi) is 6.08. The topological polar surface area (TPSA) is 45.5 Å². The van der Waals surface area contributed by atoms with Gasteiger partial charge in [0.1, 0.15) is 18.2 Å². The molecule has 0 spiro atoms. The summed E-state index contributed by atoms with van der Waals surface area (Å²) in [6.07, 6.45) is 0. The number of imidazole rings is 1. The van der Waals surface area contributed by atoms with Crippen LogP contribution in [0.1, 0.15) is 26.3 Å². The minimum Gasteiger partial charge on any atom is -0.493 e. The molecule has 1 heterocycles. The van der Waals surface area contributed by atoms with Crippen molar-refractivity contribution in [3.05, 3.63) is 72.3 Å². The van der Waals surface area contributed by atoms with Gasteiger partial charge in [0, 0.05) is 5.56 Å². The van der Waals surface area contributed by atoms with Crippen molar-refractivity contribution in [2.24, 2.45) is 0 Å². The van der Waals surface area contributed by atoms with Gasteiger partial charge in [-0.1, -0.05) is 45.0 Å². The van der Waals surface area contributed by atoms with Crippen molar-refractivity contribution >= 4 is 11.0 Å². The number of benzene rings is 3. The van der Waals surface area contributed by atoms with Crippen LogP contribution in [0.5, 0.6) is 17.2 Å². The van der Waals surface area contributed by atoms with E-state index in [1.165, 1.54) is 5.56 Å². The first-order valence-electron chi connectivity index (χ1n) is 10.8. The van der Waals surface area contributed by atoms with Crippen LogP contribution in [0, 0.1) is 0 Å². The number of nitrogens with zero attached hydrogens (tertiary/aromatic N) is 2. The van der Waals surface area contributed by atoms with Gasteiger partial charge < -0.3 is 18.8 Å². The monoisotopic (exact) mass is 430 g/mol. The van der Waals surface area contributed by atoms with Crippen LogP contribution in [-0.4, -0.2) is 30.4 Å². The van der Waals surface area contributed by atoms with Gasteiger partial charge in [-0.15, -0.1) is 0 Å². The van der Waals surface area contributed by atoms with Gasteiger partial charge in [-0.25, -0.2) is 4.98 Å². The van der Waals surface area contributed by atoms with Crippen molar-refractivity contribution in [2.75, 3.05) is 20.8 Å². The fourth-order valence-electron chi connectivity index (χ4n) is 3.80. The Morgan fingerprint density at radius 2 is 1.56 bits per heavy atom. The van der Waals surface area contributed by atoms with E-state index in [0.29, 0.717) is 24.7 Å². The molecule has 3 aromatic carbocycles. The van der Waals surface area contributed by atoms with Crippen molar-refractivity contribution in [1.82, 2.24) is 9.55 Å². The smallest absolute Gasteiger partial charge is 0.161 e. The molecule has 0 unspecified atom stereocenters. The van der Waals surface area contributed by atoms with Crippen LogP contribution in [0.15, 0.2) is 66.7 Å². The van der Waals surface area contributed by atoms with Gasteiger partial charge in [0.25, 0.3) is 0 Å². The molecule has 5 nitrogen and oxygen atoms in total. The second kappa shape index (κ2) is 8.95. The van der Waals surface area contributed by atoms with Gasteiger partial charge >= 0.3 is 0 Å². The Morgan fingerprint density at radius 3 is 2.25 bits per heavy atom. The van der Waals surface area contributed by atoms with Crippen LogP contribution in [-0.2, 0) is 12.0 Å². The molecule has 0 aliphatic rings. The summed E-state index contributed by atoms with van der Waals surface area (Å²) < 4.78 is 19.2. The third-order valence-electron chi connectivity index (χ3n) is 5.60. The first-order chi connectivity index (χ1) is 15.4. The number of aromatic nitrogens is 2. The van der Waals surface area contributed by atoms with Crippen LogP contribution in [0.3, 0.4) is 0 Å². The molecule has 0 saturated heterocycles. The molecule has 4 aromatic rings. The summed E-state index contributed by atoms with van der Waals surface area (Å²) in [5.41, 5.74) is 4.41. The van der Waals surface area contributed by atoms with E-state index >= 15 is 0 Å². The van der Waals surface area contributed by atoms with E-state index in [-0.39, 0.29) is 5.41 Å². The molecule has 0 aliphatic heterocycles. The Hall–Kier alpha value is -3.47. The Morgan fingerprint density at radius 1 is 0.844 bits per heavy atom. The molecule has 0 bridgehead atoms. The molecule has 5 heteroatoms. The standard InChI is InChI=1S/C27H30N2O3/c1-27(2,3)20-11-13-21(14-12-20)32-17-16-29-23-9-7-6-8-22(23)28-26(29)19-10-15-24(30-4)25(18-19)31-5/h6-15,18H,16-17H2,1-5H3. The summed E-state index contributed by atoms with van der Waals surface area (Å²) in [6.45, 7) is 7.84. The first-order valence-corrected chi connectivity index (χ1v) is 10.8. The predicted octanol–water partition coefficient (Wildman–Crippen LogP) is 6.10. The molecule has 166 valence electrons. The van der Waals surface area contributed by atoms with Crippen molar-refractivity contribution in [2.45, 2.75) is 32.7 Å². The average molecular weight is 431 g/mol. The summed E-state index contributed by atoms with van der Waals surface area (Å²) in [4.78, 5) is 4.89. The lowest BCUT2D eigenvalue weighted by Crippen LogP contribution is -2.11. The van der Waals surface area contributed by atoms with Gasteiger partial charge in [0.05, 0.1) is 31.8 Å². The van der Waals surface area contributed by atoms with Crippen LogP contribution in [0.4, 0.5) is 0 Å². The van der Waals surface area contributed by atoms with Crippen LogP contribution >= 0.6 is 0 Å². The molecule has 0 fully saturated rings. The van der Waals surface area contributed by atoms with E-state index in [9.17, 15) is 0 Å². The van der Waals surface area contributed by atoms with Gasteiger partial charge in [0.15, 0.2) is 11.5 Å². The van der Waals surface area contributed by atoms with Crippen LogP contribution in [0.25, 0.3) is 22.4 Å². The quantitative estimate of drug-likeness (QED) is 0.356. The summed E-state index contributed by atoms with van der Waals surface area (Å²) in [5, 5.41) is 0. The van der Waals surface area contributed by atoms with E-state index in [0.717, 1.165) is 28.2 Å². The van der Waals surface area contributed by atoms with Gasteiger partial charge in [-0.05, 0) is 53.4 Å². The fourth-order valence-corrected chi connectivity index (χ4v) is 3.80. The van der Waals surface area contributed by atoms with E-state index in [1.54, 1.807) is 14.2 Å². The van der Waals surface area contributed by atoms with Crippen molar-refractivity contribution in [3.8, 4) is 28.6 Å². The molecule has 4 rings (SSSR count). The third-order valence-corrected chi connectivity index (χ3v) is 5.60. The Labute approximate surface area is 189 Å². The summed E-state index contributed by atoms with van der Waals surface area (Å²) in [6, 6.07) is 22.4. The lowest BCUT2D eigenvalue weighted by atomic mass is 9.87. The number of methoxy groups -OCH3 is 2. The number of ether oxygens (including phenoxy) is 3. The van der Waals surface area contributed by atoms with Gasteiger partial charge in [-0.2, -0.15) is 0 Å². The first kappa shape index (κ1) is 21.8. The summed E-state index contributed by atoms with van der Waals surface area (Å²) in [5.74, 6) is 3.12. The zero-order chi connectivity index (χ0) is 22.7. The minimum atomic E-state index is 0.128. The highest BCUT2D eigenvalue weighted by atomic mass is 16.5. The molecule has 1 aromatic heterocycles. The number of hydrogen-bond donors (Lipinski definition) is 0. The van der Waals surface area contributed by atoms with Crippen molar-refractivity contribution in [1.29, 1.82) is 0 Å². The van der Waals surface area contributed by atoms with Crippen LogP contribution < -0.4 is 14.2 Å². The summed E-state index contributed by atoms with van der Waals surface area (Å²) >= 11 is 0. The lowest BCUT2D eigenvalue weighted by molar-refractivity contribution is 0.300. The maximum Gasteiger partial charge on any atom is 0.161 e. The zero-order valence-electron chi connectivity index (χ0n) is 19.4. The lowest BCUT2D eigenvalue weighted by Gasteiger charge is -2.19. The predicted molar refractivity (Wildman–Crippen MR) is 129 cm³/mol. The molecule has 0 saturated carbocycles. The van der Waals surface area contributed by atoms with E-state index in [4.69, 9.17) is 19.2 Å². The Balaban J connectivity index is 1.60. The maximum absolute atomic E-state index is 6.07. The summed E-state index contributed by atoms with van der Waals surface area (Å²) in [7, 11) is 3.28. The van der Waals surface area contributed by atoms with Crippen molar-refractivity contribution in [3.63, 3.8) is 0 Å². The number of para-hydroxylation sites is 2. The van der Waals surface area contributed by atoms with E-state index < -0.39 is 0 Å². The average Bonchev–Trinajstić information content (AvgIpc) is 3.17. The number of fused-ring (bicyclic) bond motifs is 1. The molecule has 0 amide bonds. The normalized spacial score (nSPS) is 11.5. The molecular formula is C27H30N2O3. The highest BCUT2D eigenvalue weighted by Crippen LogP contribution is 2.33. The van der Waals surface area contributed by atoms with Gasteiger partial charge in [-0.3, -0.25) is 0 Å². The second-order valence-corrected chi connectivity index (χ2v) is 8.77. The van der Waals surface area contributed by atoms with Crippen LogP contribution in [0.2, 0.25) is 0 Å². The highest BCUT2D eigenvalue weighted by molar-refractivity contribution is 5.81. The van der Waals surface area contributed by atoms with E-state index in [1.807, 2.05) is 48.5 Å². The molecule has 32 heavy (non-hydrogen) atoms. The third kappa shape index (κ3) is 4.42. The molecule has 0 atom stereocenters. The largest absolute Gasteiger partial charge is 0.493 e. The van der Waals surface area contributed by atoms with E-state index in [2.05, 4.69) is 43.5 Å². The Bertz CT molecular complexity index is 1200. The second-order valence-electron chi connectivity index (χ2n) is 8.77. The maximum atomic E-state index is 6.07. The number of rotatable bonds is 7. The number of hydrogen-bond acceptors (Lipinski definition) is 4. The molecule has 0 radical (unpaired) electrons. The zero-order valence-corrected chi connectivity index (χ0v) is 19.4. The highest BCUT2D eigenvalue weighted by Gasteiger charge is 2.16.